The zero-order valence-corrected chi connectivity index (χ0v) is 53.0. The molecule has 0 spiro atoms. The van der Waals surface area contributed by atoms with Crippen LogP contribution in [0.15, 0.2) is 60.7 Å². The fourth-order valence-corrected chi connectivity index (χ4v) is 15.2. The van der Waals surface area contributed by atoms with Crippen LogP contribution in [0, 0.1) is 28.6 Å². The first kappa shape index (κ1) is 68.9. The second kappa shape index (κ2) is 31.8. The van der Waals surface area contributed by atoms with E-state index in [1.807, 2.05) is 48.5 Å². The van der Waals surface area contributed by atoms with Gasteiger partial charge in [-0.05, 0) is 176 Å². The van der Waals surface area contributed by atoms with Crippen molar-refractivity contribution in [3.63, 3.8) is 0 Å². The van der Waals surface area contributed by atoms with Crippen molar-refractivity contribution < 1.29 is 47.9 Å². The van der Waals surface area contributed by atoms with Crippen LogP contribution >= 0.6 is 0 Å². The number of nitrogens with zero attached hydrogens (tertiary/aromatic N) is 2. The molecule has 2 aromatic carbocycles. The second-order valence-corrected chi connectivity index (χ2v) is 27.4. The molecule has 16 N–H and O–H groups in total. The summed E-state index contributed by atoms with van der Waals surface area (Å²) in [5.41, 5.74) is 23.9. The van der Waals surface area contributed by atoms with Gasteiger partial charge in [0.05, 0.1) is 0 Å². The number of carbonyl (C=O) groups is 10. The van der Waals surface area contributed by atoms with E-state index in [1.165, 1.54) is 9.80 Å². The fourth-order valence-electron chi connectivity index (χ4n) is 15.2. The molecule has 7 aliphatic rings. The third kappa shape index (κ3) is 17.5. The van der Waals surface area contributed by atoms with E-state index in [0.29, 0.717) is 80.2 Å². The van der Waals surface area contributed by atoms with Crippen LogP contribution in [0.4, 0.5) is 0 Å². The van der Waals surface area contributed by atoms with Crippen molar-refractivity contribution in [1.82, 2.24) is 52.3 Å². The highest BCUT2D eigenvalue weighted by molar-refractivity contribution is 6.00. The lowest BCUT2D eigenvalue weighted by molar-refractivity contribution is -0.145. The van der Waals surface area contributed by atoms with Crippen LogP contribution in [0.25, 0.3) is 0 Å². The highest BCUT2D eigenvalue weighted by Gasteiger charge is 2.57. The van der Waals surface area contributed by atoms with Gasteiger partial charge in [-0.2, -0.15) is 0 Å². The zero-order valence-electron chi connectivity index (χ0n) is 53.0. The lowest BCUT2D eigenvalue weighted by atomic mass is 9.47. The standard InChI is InChI=1S/C66H100N14O10/c1-65(2,3)53-61(87)73-45(20-10-26-67)55(81)75-49(35-40-16-6-4-7-17-40)63(89)80-31-15-25-52(80)60(86)72-48(23-13-29-70)58(84)78-54(66-37-42-32-43(38-66)34-44(33-42)39-66)62(88)74-46(21-11-27-68)56(82)76-50(36-41-18-8-5-9-19-41)64(90)79-30-14-24-51(79)59(85)71-47(22-12-28-69)57(83)77-53/h4-9,16-19,42-54H,10-15,20-39,67-70H2,1-3H3,(H,71,85)(H,72,86)(H,73,87)(H,74,88)(H,75,81)(H,76,82)(H,77,83)(H,78,84)/t42?,43?,44?,45-,46-,47-,48-,49+,50+,51-,52-,53+,54+,66?/m0/s1. The molecular weight excluding hydrogens is 1150 g/mol. The van der Waals surface area contributed by atoms with Gasteiger partial charge in [-0.3, -0.25) is 47.9 Å². The zero-order chi connectivity index (χ0) is 64.7. The number of hydrogen-bond acceptors (Lipinski definition) is 14. The Morgan fingerprint density at radius 1 is 0.422 bits per heavy atom. The maximum absolute atomic E-state index is 15.5. The van der Waals surface area contributed by atoms with Crippen LogP contribution in [-0.4, -0.2) is 169 Å². The summed E-state index contributed by atoms with van der Waals surface area (Å²) in [4.78, 5) is 153. The molecular formula is C66H100N14O10. The second-order valence-electron chi connectivity index (χ2n) is 27.4. The lowest BCUT2D eigenvalue weighted by Crippen LogP contribution is -2.66. The topological polar surface area (TPSA) is 377 Å². The number of fused-ring (bicyclic) bond motifs is 2. The van der Waals surface area contributed by atoms with Crippen molar-refractivity contribution in [2.24, 2.45) is 51.5 Å². The van der Waals surface area contributed by atoms with E-state index in [-0.39, 0.29) is 97.1 Å². The van der Waals surface area contributed by atoms with Crippen LogP contribution in [-0.2, 0) is 60.8 Å². The molecule has 0 aromatic heterocycles. The lowest BCUT2D eigenvalue weighted by Gasteiger charge is -2.59. The van der Waals surface area contributed by atoms with E-state index < -0.39 is 130 Å². The minimum atomic E-state index is -1.29. The molecule has 0 radical (unpaired) electrons. The summed E-state index contributed by atoms with van der Waals surface area (Å²) in [7, 11) is 0. The Bertz CT molecular complexity index is 2800. The summed E-state index contributed by atoms with van der Waals surface area (Å²) in [5, 5.41) is 23.6. The van der Waals surface area contributed by atoms with Gasteiger partial charge in [0, 0.05) is 31.3 Å². The molecule has 90 heavy (non-hydrogen) atoms. The largest absolute Gasteiger partial charge is 0.343 e. The van der Waals surface area contributed by atoms with Crippen molar-refractivity contribution in [3.05, 3.63) is 71.8 Å². The predicted octanol–water partition coefficient (Wildman–Crippen LogP) is 0.564. The minimum Gasteiger partial charge on any atom is -0.343 e. The summed E-state index contributed by atoms with van der Waals surface area (Å²) in [6.45, 7) is 6.17. The number of benzene rings is 2. The Kier molecular flexibility index (Phi) is 24.4. The van der Waals surface area contributed by atoms with Crippen molar-refractivity contribution in [2.45, 2.75) is 210 Å². The van der Waals surface area contributed by atoms with E-state index in [4.69, 9.17) is 22.9 Å². The molecule has 2 aromatic rings. The van der Waals surface area contributed by atoms with Crippen LogP contribution in [0.5, 0.6) is 0 Å². The Morgan fingerprint density at radius 2 is 0.756 bits per heavy atom. The molecule has 3 aliphatic heterocycles. The number of nitrogens with one attached hydrogen (secondary N) is 8. The van der Waals surface area contributed by atoms with Gasteiger partial charge in [0.15, 0.2) is 0 Å². The van der Waals surface area contributed by atoms with Gasteiger partial charge in [0.25, 0.3) is 0 Å². The monoisotopic (exact) mass is 1250 g/mol. The molecule has 24 nitrogen and oxygen atoms in total. The number of hydrogen-bond donors (Lipinski definition) is 12. The molecule has 10 atom stereocenters. The average molecular weight is 1250 g/mol. The van der Waals surface area contributed by atoms with Crippen molar-refractivity contribution in [2.75, 3.05) is 39.3 Å². The molecule has 4 aliphatic carbocycles. The molecule has 3 heterocycles. The first-order valence-corrected chi connectivity index (χ1v) is 33.1. The van der Waals surface area contributed by atoms with E-state index in [0.717, 1.165) is 19.3 Å². The Hall–Kier alpha value is -7.02. The fraction of sp³-hybridized carbons (Fsp3) is 0.667. The molecule has 24 heteroatoms. The van der Waals surface area contributed by atoms with Crippen molar-refractivity contribution >= 4 is 59.1 Å². The van der Waals surface area contributed by atoms with Crippen LogP contribution < -0.4 is 65.5 Å². The summed E-state index contributed by atoms with van der Waals surface area (Å²) in [5.74, 6) is -5.38. The predicted molar refractivity (Wildman–Crippen MR) is 338 cm³/mol. The van der Waals surface area contributed by atoms with E-state index >= 15 is 24.0 Å². The summed E-state index contributed by atoms with van der Waals surface area (Å²) in [6.07, 6.45) is 7.92. The Morgan fingerprint density at radius 3 is 1.12 bits per heavy atom. The number of amides is 10. The average Bonchev–Trinajstić information content (AvgIpc) is 1.32. The van der Waals surface area contributed by atoms with Gasteiger partial charge in [-0.25, -0.2) is 0 Å². The third-order valence-corrected chi connectivity index (χ3v) is 19.5. The normalized spacial score (nSPS) is 31.3. The van der Waals surface area contributed by atoms with Crippen molar-refractivity contribution in [1.29, 1.82) is 0 Å². The molecule has 4 bridgehead atoms. The van der Waals surface area contributed by atoms with Crippen LogP contribution in [0.1, 0.15) is 147 Å². The smallest absolute Gasteiger partial charge is 0.246 e. The Balaban J connectivity index is 1.18. The van der Waals surface area contributed by atoms with Gasteiger partial charge < -0.3 is 75.3 Å². The molecule has 0 unspecified atom stereocenters. The molecule has 4 saturated carbocycles. The number of carbonyl (C=O) groups excluding carboxylic acids is 10. The number of rotatable bonds is 17. The highest BCUT2D eigenvalue weighted by Crippen LogP contribution is 2.61. The van der Waals surface area contributed by atoms with Crippen molar-refractivity contribution in [3.8, 4) is 0 Å². The van der Waals surface area contributed by atoms with Gasteiger partial charge in [0.1, 0.15) is 60.4 Å². The summed E-state index contributed by atoms with van der Waals surface area (Å²) < 4.78 is 0. The Labute approximate surface area is 529 Å². The van der Waals surface area contributed by atoms with Gasteiger partial charge in [-0.15, -0.1) is 0 Å². The van der Waals surface area contributed by atoms with Crippen LogP contribution in [0.2, 0.25) is 0 Å². The molecule has 10 amide bonds. The molecule has 3 saturated heterocycles. The van der Waals surface area contributed by atoms with Gasteiger partial charge in [-0.1, -0.05) is 81.4 Å². The summed E-state index contributed by atoms with van der Waals surface area (Å²) >= 11 is 0. The van der Waals surface area contributed by atoms with Gasteiger partial charge >= 0.3 is 0 Å². The number of nitrogens with two attached hydrogens (primary N) is 4. The van der Waals surface area contributed by atoms with Crippen LogP contribution in [0.3, 0.4) is 0 Å². The SMILES string of the molecule is CC(C)(C)[C@@H]1NC(=O)[C@H](CCCN)NC(=O)[C@@H]2CCCN2C(=O)[C@@H](Cc2ccccc2)NC(=O)[C@H](CCCN)NC(=O)[C@H](C23CC4CC(CC(C4)C2)C3)NC(=O)[C@H](CCCN)NC(=O)[C@@H]2CCCN2C(=O)[C@@H](Cc2ccccc2)NC(=O)[C@H](CCCN)NC1=O. The first-order chi connectivity index (χ1) is 43.1. The quantitative estimate of drug-likeness (QED) is 0.103. The van der Waals surface area contributed by atoms with E-state index in [2.05, 4.69) is 42.5 Å². The van der Waals surface area contributed by atoms with E-state index in [1.54, 1.807) is 32.9 Å². The maximum Gasteiger partial charge on any atom is 0.246 e. The highest BCUT2D eigenvalue weighted by atomic mass is 16.2. The molecule has 7 fully saturated rings. The maximum atomic E-state index is 15.5. The van der Waals surface area contributed by atoms with E-state index in [9.17, 15) is 24.0 Å². The molecule has 494 valence electrons. The summed E-state index contributed by atoms with van der Waals surface area (Å²) in [6, 6.07) is 6.12. The minimum absolute atomic E-state index is 0.00940. The third-order valence-electron chi connectivity index (χ3n) is 19.5. The van der Waals surface area contributed by atoms with Gasteiger partial charge in [0.2, 0.25) is 59.1 Å². The molecule has 9 rings (SSSR count). The first-order valence-electron chi connectivity index (χ1n) is 33.1.